The molecular weight excluding hydrogens is 288 g/mol. The van der Waals surface area contributed by atoms with Crippen LogP contribution in [0.1, 0.15) is 117 Å². The van der Waals surface area contributed by atoms with Gasteiger partial charge in [-0.15, -0.1) is 0 Å². The predicted molar refractivity (Wildman–Crippen MR) is 98.2 cm³/mol. The molecule has 23 heavy (non-hydrogen) atoms. The van der Waals surface area contributed by atoms with Gasteiger partial charge in [0.05, 0.1) is 13.2 Å². The van der Waals surface area contributed by atoms with Gasteiger partial charge in [-0.05, 0) is 12.8 Å². The molecule has 0 aliphatic heterocycles. The molecular formula is C20H42O3. The van der Waals surface area contributed by atoms with Crippen LogP contribution in [0.2, 0.25) is 0 Å². The molecule has 0 saturated carbocycles. The second kappa shape index (κ2) is 21.9. The Kier molecular flexibility index (Phi) is 21.8. The SMILES string of the molecule is CCCCCCCCCCOOOCCCCCCCCCC. The normalized spacial score (nSPS) is 11.2. The van der Waals surface area contributed by atoms with E-state index in [1.807, 2.05) is 0 Å². The van der Waals surface area contributed by atoms with E-state index in [2.05, 4.69) is 13.8 Å². The van der Waals surface area contributed by atoms with Crippen molar-refractivity contribution in [2.45, 2.75) is 117 Å². The standard InChI is InChI=1S/C20H42O3/c1-3-5-7-9-11-13-15-17-19-21-23-22-20-18-16-14-12-10-8-6-4-2/h3-20H2,1-2H3. The van der Waals surface area contributed by atoms with Crippen molar-refractivity contribution in [1.29, 1.82) is 0 Å². The van der Waals surface area contributed by atoms with Crippen molar-refractivity contribution in [1.82, 2.24) is 0 Å². The van der Waals surface area contributed by atoms with Gasteiger partial charge in [0, 0.05) is 0 Å². The third-order valence-electron chi connectivity index (χ3n) is 4.26. The summed E-state index contributed by atoms with van der Waals surface area (Å²) in [4.78, 5) is 10.1. The Hall–Kier alpha value is -0.120. The fourth-order valence-corrected chi connectivity index (χ4v) is 2.69. The summed E-state index contributed by atoms with van der Waals surface area (Å²) in [6.07, 6.45) is 20.9. The van der Waals surface area contributed by atoms with Gasteiger partial charge in [-0.25, -0.2) is 9.78 Å². The molecule has 0 radical (unpaired) electrons. The van der Waals surface area contributed by atoms with Crippen LogP contribution in [0.5, 0.6) is 0 Å². The molecule has 0 fully saturated rings. The second-order valence-electron chi connectivity index (χ2n) is 6.66. The molecule has 0 aromatic heterocycles. The number of unbranched alkanes of at least 4 members (excludes halogenated alkanes) is 14. The summed E-state index contributed by atoms with van der Waals surface area (Å²) in [5.74, 6) is 0. The maximum Gasteiger partial charge on any atom is 0.0853 e. The van der Waals surface area contributed by atoms with Gasteiger partial charge in [0.25, 0.3) is 0 Å². The average molecular weight is 331 g/mol. The van der Waals surface area contributed by atoms with Crippen molar-refractivity contribution >= 4 is 0 Å². The molecule has 0 atom stereocenters. The number of rotatable bonds is 20. The molecule has 140 valence electrons. The highest BCUT2D eigenvalue weighted by molar-refractivity contribution is 4.46. The molecule has 0 aromatic carbocycles. The van der Waals surface area contributed by atoms with Crippen molar-refractivity contribution in [2.24, 2.45) is 0 Å². The lowest BCUT2D eigenvalue weighted by Gasteiger charge is -2.04. The maximum atomic E-state index is 5.03. The van der Waals surface area contributed by atoms with E-state index in [-0.39, 0.29) is 0 Å². The van der Waals surface area contributed by atoms with Crippen LogP contribution >= 0.6 is 0 Å². The van der Waals surface area contributed by atoms with Gasteiger partial charge in [-0.1, -0.05) is 109 Å². The molecule has 0 saturated heterocycles. The minimum absolute atomic E-state index is 0.645. The molecule has 0 amide bonds. The number of hydrogen-bond acceptors (Lipinski definition) is 3. The Balaban J connectivity index is 2.92. The minimum Gasteiger partial charge on any atom is -0.206 e. The van der Waals surface area contributed by atoms with Crippen LogP contribution in [0, 0.1) is 0 Å². The van der Waals surface area contributed by atoms with E-state index in [9.17, 15) is 0 Å². The number of hydrogen-bond donors (Lipinski definition) is 0. The van der Waals surface area contributed by atoms with E-state index in [0.717, 1.165) is 12.8 Å². The summed E-state index contributed by atoms with van der Waals surface area (Å²) < 4.78 is 0. The second-order valence-corrected chi connectivity index (χ2v) is 6.66. The lowest BCUT2D eigenvalue weighted by Crippen LogP contribution is -2.00. The zero-order valence-electron chi connectivity index (χ0n) is 16.0. The highest BCUT2D eigenvalue weighted by Gasteiger charge is 1.95. The molecule has 0 bridgehead atoms. The van der Waals surface area contributed by atoms with Gasteiger partial charge in [-0.3, -0.25) is 0 Å². The molecule has 3 nitrogen and oxygen atoms in total. The van der Waals surface area contributed by atoms with Gasteiger partial charge in [-0.2, -0.15) is 0 Å². The first-order valence-corrected chi connectivity index (χ1v) is 10.3. The van der Waals surface area contributed by atoms with E-state index in [1.165, 1.54) is 89.9 Å². The monoisotopic (exact) mass is 330 g/mol. The summed E-state index contributed by atoms with van der Waals surface area (Å²) in [5, 5.41) is 4.75. The van der Waals surface area contributed by atoms with Gasteiger partial charge in [0.1, 0.15) is 0 Å². The highest BCUT2D eigenvalue weighted by atomic mass is 17.5. The van der Waals surface area contributed by atoms with Crippen LogP contribution in [0.3, 0.4) is 0 Å². The van der Waals surface area contributed by atoms with Crippen molar-refractivity contribution in [3.63, 3.8) is 0 Å². The van der Waals surface area contributed by atoms with Gasteiger partial charge < -0.3 is 0 Å². The molecule has 0 rings (SSSR count). The molecule has 0 unspecified atom stereocenters. The molecule has 0 heterocycles. The molecule has 0 N–H and O–H groups in total. The third-order valence-corrected chi connectivity index (χ3v) is 4.26. The van der Waals surface area contributed by atoms with Crippen LogP contribution in [0.15, 0.2) is 0 Å². The lowest BCUT2D eigenvalue weighted by molar-refractivity contribution is -0.512. The van der Waals surface area contributed by atoms with Crippen LogP contribution in [0.4, 0.5) is 0 Å². The Morgan fingerprint density at radius 2 is 0.696 bits per heavy atom. The predicted octanol–water partition coefficient (Wildman–Crippen LogP) is 7.15. The summed E-state index contributed by atoms with van der Waals surface area (Å²) in [6.45, 7) is 5.81. The van der Waals surface area contributed by atoms with E-state index < -0.39 is 0 Å². The van der Waals surface area contributed by atoms with Gasteiger partial charge >= 0.3 is 0 Å². The largest absolute Gasteiger partial charge is 0.206 e. The molecule has 0 aliphatic rings. The Morgan fingerprint density at radius 1 is 0.391 bits per heavy atom. The van der Waals surface area contributed by atoms with Crippen molar-refractivity contribution < 1.29 is 14.8 Å². The van der Waals surface area contributed by atoms with Gasteiger partial charge in [0.15, 0.2) is 0 Å². The Morgan fingerprint density at radius 3 is 1.04 bits per heavy atom. The van der Waals surface area contributed by atoms with Crippen molar-refractivity contribution in [3.8, 4) is 0 Å². The first-order chi connectivity index (χ1) is 11.4. The van der Waals surface area contributed by atoms with Gasteiger partial charge in [0.2, 0.25) is 0 Å². The summed E-state index contributed by atoms with van der Waals surface area (Å²) in [6, 6.07) is 0. The van der Waals surface area contributed by atoms with Crippen molar-refractivity contribution in [2.75, 3.05) is 13.2 Å². The van der Waals surface area contributed by atoms with Crippen LogP contribution in [-0.2, 0) is 14.8 Å². The zero-order valence-corrected chi connectivity index (χ0v) is 16.0. The summed E-state index contributed by atoms with van der Waals surface area (Å²) >= 11 is 0. The fraction of sp³-hybridized carbons (Fsp3) is 1.00. The first kappa shape index (κ1) is 22.9. The Labute approximate surface area is 145 Å². The highest BCUT2D eigenvalue weighted by Crippen LogP contribution is 2.09. The minimum atomic E-state index is 0.645. The average Bonchev–Trinajstić information content (AvgIpc) is 2.57. The lowest BCUT2D eigenvalue weighted by atomic mass is 10.1. The maximum absolute atomic E-state index is 5.03. The first-order valence-electron chi connectivity index (χ1n) is 10.3. The summed E-state index contributed by atoms with van der Waals surface area (Å²) in [7, 11) is 0. The van der Waals surface area contributed by atoms with Crippen LogP contribution in [-0.4, -0.2) is 13.2 Å². The van der Waals surface area contributed by atoms with E-state index in [4.69, 9.17) is 14.8 Å². The van der Waals surface area contributed by atoms with E-state index in [1.54, 1.807) is 0 Å². The van der Waals surface area contributed by atoms with Crippen LogP contribution in [0.25, 0.3) is 0 Å². The fourth-order valence-electron chi connectivity index (χ4n) is 2.69. The van der Waals surface area contributed by atoms with Crippen LogP contribution < -0.4 is 0 Å². The summed E-state index contributed by atoms with van der Waals surface area (Å²) in [5.41, 5.74) is 0. The molecule has 3 heteroatoms. The van der Waals surface area contributed by atoms with E-state index >= 15 is 0 Å². The zero-order chi connectivity index (χ0) is 16.8. The quantitative estimate of drug-likeness (QED) is 0.135. The van der Waals surface area contributed by atoms with E-state index in [0.29, 0.717) is 13.2 Å². The third kappa shape index (κ3) is 21.9. The Bertz CT molecular complexity index is 177. The molecule has 0 aliphatic carbocycles. The molecule has 0 spiro atoms. The smallest absolute Gasteiger partial charge is 0.0853 e. The van der Waals surface area contributed by atoms with Crippen molar-refractivity contribution in [3.05, 3.63) is 0 Å². The molecule has 0 aromatic rings. The topological polar surface area (TPSA) is 27.7 Å².